The quantitative estimate of drug-likeness (QED) is 0.513. The van der Waals surface area contributed by atoms with Crippen molar-refractivity contribution in [3.05, 3.63) is 76.9 Å². The summed E-state index contributed by atoms with van der Waals surface area (Å²) >= 11 is 0. The van der Waals surface area contributed by atoms with Crippen molar-refractivity contribution in [2.75, 3.05) is 39.3 Å². The van der Waals surface area contributed by atoms with Gasteiger partial charge in [0.2, 0.25) is 5.88 Å². The maximum Gasteiger partial charge on any atom is 0.214 e. The molecule has 1 aliphatic rings. The van der Waals surface area contributed by atoms with Crippen molar-refractivity contribution < 1.29 is 9.47 Å². The Morgan fingerprint density at radius 1 is 0.909 bits per heavy atom. The molecular formula is C28H35N3O2. The number of pyridine rings is 1. The topological polar surface area (TPSA) is 46.6 Å². The lowest BCUT2D eigenvalue weighted by molar-refractivity contribution is 0.191. The molecule has 0 amide bonds. The Hall–Kier alpha value is -2.89. The normalized spacial score (nSPS) is 14.3. The number of piperazine rings is 1. The van der Waals surface area contributed by atoms with E-state index >= 15 is 0 Å². The zero-order valence-electron chi connectivity index (χ0n) is 20.1. The van der Waals surface area contributed by atoms with E-state index < -0.39 is 0 Å². The molecule has 1 aliphatic heterocycles. The highest BCUT2D eigenvalue weighted by atomic mass is 16.5. The zero-order chi connectivity index (χ0) is 23.0. The van der Waals surface area contributed by atoms with Crippen LogP contribution in [-0.2, 0) is 13.0 Å². The monoisotopic (exact) mass is 445 g/mol. The summed E-state index contributed by atoms with van der Waals surface area (Å²) in [6, 6.07) is 18.8. The largest absolute Gasteiger partial charge is 0.492 e. The number of rotatable bonds is 9. The van der Waals surface area contributed by atoms with Crippen LogP contribution < -0.4 is 14.8 Å². The molecule has 0 aliphatic carbocycles. The number of nitrogens with one attached hydrogen (secondary N) is 1. The number of aromatic nitrogens is 1. The molecule has 0 radical (unpaired) electrons. The van der Waals surface area contributed by atoms with E-state index in [-0.39, 0.29) is 0 Å². The molecule has 4 rings (SSSR count). The highest BCUT2D eigenvalue weighted by molar-refractivity contribution is 5.69. The van der Waals surface area contributed by atoms with Gasteiger partial charge in [-0.1, -0.05) is 37.3 Å². The Morgan fingerprint density at radius 2 is 1.61 bits per heavy atom. The number of benzene rings is 2. The Morgan fingerprint density at radius 3 is 2.30 bits per heavy atom. The zero-order valence-corrected chi connectivity index (χ0v) is 20.1. The smallest absolute Gasteiger partial charge is 0.214 e. The number of hydrogen-bond donors (Lipinski definition) is 1. The van der Waals surface area contributed by atoms with Crippen LogP contribution in [-0.4, -0.2) is 49.2 Å². The van der Waals surface area contributed by atoms with Crippen molar-refractivity contribution in [3.8, 4) is 22.9 Å². The van der Waals surface area contributed by atoms with Gasteiger partial charge in [-0.05, 0) is 60.7 Å². The molecule has 1 aromatic heterocycles. The van der Waals surface area contributed by atoms with Gasteiger partial charge >= 0.3 is 0 Å². The fraction of sp³-hybridized carbons (Fsp3) is 0.393. The van der Waals surface area contributed by atoms with Crippen molar-refractivity contribution in [1.82, 2.24) is 15.2 Å². The van der Waals surface area contributed by atoms with E-state index in [1.165, 1.54) is 5.56 Å². The van der Waals surface area contributed by atoms with Gasteiger partial charge in [-0.25, -0.2) is 4.98 Å². The van der Waals surface area contributed by atoms with Crippen LogP contribution in [0.5, 0.6) is 11.6 Å². The molecule has 1 N–H and O–H groups in total. The second-order valence-corrected chi connectivity index (χ2v) is 8.69. The van der Waals surface area contributed by atoms with Crippen molar-refractivity contribution >= 4 is 0 Å². The third-order valence-corrected chi connectivity index (χ3v) is 6.19. The maximum atomic E-state index is 6.08. The molecule has 0 saturated carbocycles. The predicted octanol–water partition coefficient (Wildman–Crippen LogP) is 4.79. The lowest BCUT2D eigenvalue weighted by Gasteiger charge is -2.27. The van der Waals surface area contributed by atoms with E-state index in [2.05, 4.69) is 67.4 Å². The van der Waals surface area contributed by atoms with Crippen LogP contribution in [0.2, 0.25) is 0 Å². The van der Waals surface area contributed by atoms with Crippen LogP contribution in [0.25, 0.3) is 11.3 Å². The molecule has 33 heavy (non-hydrogen) atoms. The number of ether oxygens (including phenoxy) is 2. The number of hydrogen-bond acceptors (Lipinski definition) is 5. The van der Waals surface area contributed by atoms with E-state index in [1.54, 1.807) is 0 Å². The summed E-state index contributed by atoms with van der Waals surface area (Å²) in [6.07, 6.45) is 1.05. The van der Waals surface area contributed by atoms with Crippen molar-refractivity contribution in [2.45, 2.75) is 33.8 Å². The molecule has 174 valence electrons. The van der Waals surface area contributed by atoms with Gasteiger partial charge in [0.05, 0.1) is 5.69 Å². The van der Waals surface area contributed by atoms with Crippen LogP contribution in [0.15, 0.2) is 54.6 Å². The van der Waals surface area contributed by atoms with E-state index in [1.807, 2.05) is 18.2 Å². The molecule has 1 fully saturated rings. The Kier molecular flexibility index (Phi) is 7.97. The number of aryl methyl sites for hydroxylation is 3. The molecule has 2 aromatic carbocycles. The molecule has 5 heteroatoms. The Labute approximate surface area is 197 Å². The lowest BCUT2D eigenvalue weighted by atomic mass is 9.99. The molecule has 3 aromatic rings. The van der Waals surface area contributed by atoms with Crippen LogP contribution in [0.1, 0.15) is 29.2 Å². The van der Waals surface area contributed by atoms with Crippen LogP contribution >= 0.6 is 0 Å². The van der Waals surface area contributed by atoms with E-state index in [0.29, 0.717) is 19.1 Å². The van der Waals surface area contributed by atoms with Crippen molar-refractivity contribution in [3.63, 3.8) is 0 Å². The molecule has 0 spiro atoms. The second kappa shape index (κ2) is 11.3. The van der Waals surface area contributed by atoms with Gasteiger partial charge in [-0.2, -0.15) is 0 Å². The molecule has 0 unspecified atom stereocenters. The predicted molar refractivity (Wildman–Crippen MR) is 134 cm³/mol. The molecule has 1 saturated heterocycles. The summed E-state index contributed by atoms with van der Waals surface area (Å²) in [5, 5.41) is 3.39. The minimum Gasteiger partial charge on any atom is -0.492 e. The summed E-state index contributed by atoms with van der Waals surface area (Å²) < 4.78 is 12.1. The summed E-state index contributed by atoms with van der Waals surface area (Å²) in [5.74, 6) is 1.56. The summed E-state index contributed by atoms with van der Waals surface area (Å²) in [7, 11) is 0. The first kappa shape index (κ1) is 23.3. The third-order valence-electron chi connectivity index (χ3n) is 6.19. The highest BCUT2D eigenvalue weighted by Crippen LogP contribution is 2.31. The maximum absolute atomic E-state index is 6.08. The van der Waals surface area contributed by atoms with E-state index in [4.69, 9.17) is 14.5 Å². The van der Waals surface area contributed by atoms with Crippen LogP contribution in [0.4, 0.5) is 0 Å². The highest BCUT2D eigenvalue weighted by Gasteiger charge is 2.12. The van der Waals surface area contributed by atoms with Crippen molar-refractivity contribution in [2.24, 2.45) is 0 Å². The minimum atomic E-state index is 0.512. The SMILES string of the molecule is CCc1ccc(COc2cccc(-c3c(C)cc(OCCN4CCNCC4)cc3C)n2)cc1. The summed E-state index contributed by atoms with van der Waals surface area (Å²) in [4.78, 5) is 7.23. The Balaban J connectivity index is 1.40. The van der Waals surface area contributed by atoms with Gasteiger partial charge in [0.25, 0.3) is 0 Å². The standard InChI is InChI=1S/C28H35N3O2/c1-4-23-8-10-24(11-9-23)20-33-27-7-5-6-26(30-27)28-21(2)18-25(19-22(28)3)32-17-16-31-14-12-29-13-15-31/h5-11,18-19,29H,4,12-17,20H2,1-3H3. The van der Waals surface area contributed by atoms with E-state index in [9.17, 15) is 0 Å². The first-order valence-electron chi connectivity index (χ1n) is 12.0. The summed E-state index contributed by atoms with van der Waals surface area (Å²) in [5.41, 5.74) is 6.87. The minimum absolute atomic E-state index is 0.512. The average Bonchev–Trinajstić information content (AvgIpc) is 2.84. The molecule has 0 bridgehead atoms. The molecular weight excluding hydrogens is 410 g/mol. The molecule has 2 heterocycles. The van der Waals surface area contributed by atoms with Gasteiger partial charge in [0, 0.05) is 44.4 Å². The van der Waals surface area contributed by atoms with Gasteiger partial charge in [-0.15, -0.1) is 0 Å². The Bertz CT molecular complexity index is 1020. The first-order valence-corrected chi connectivity index (χ1v) is 12.0. The van der Waals surface area contributed by atoms with Crippen LogP contribution in [0, 0.1) is 13.8 Å². The van der Waals surface area contributed by atoms with Gasteiger partial charge in [0.15, 0.2) is 0 Å². The lowest BCUT2D eigenvalue weighted by Crippen LogP contribution is -2.44. The van der Waals surface area contributed by atoms with Gasteiger partial charge < -0.3 is 14.8 Å². The fourth-order valence-electron chi connectivity index (χ4n) is 4.30. The van der Waals surface area contributed by atoms with Gasteiger partial charge in [-0.3, -0.25) is 4.90 Å². The third kappa shape index (κ3) is 6.34. The van der Waals surface area contributed by atoms with E-state index in [0.717, 1.165) is 72.8 Å². The molecule has 5 nitrogen and oxygen atoms in total. The van der Waals surface area contributed by atoms with Crippen LogP contribution in [0.3, 0.4) is 0 Å². The van der Waals surface area contributed by atoms with Crippen molar-refractivity contribution in [1.29, 1.82) is 0 Å². The first-order chi connectivity index (χ1) is 16.1. The number of nitrogens with zero attached hydrogens (tertiary/aromatic N) is 2. The summed E-state index contributed by atoms with van der Waals surface area (Å²) in [6.45, 7) is 12.9. The fourth-order valence-corrected chi connectivity index (χ4v) is 4.30. The molecule has 0 atom stereocenters. The average molecular weight is 446 g/mol. The van der Waals surface area contributed by atoms with Gasteiger partial charge in [0.1, 0.15) is 19.0 Å². The second-order valence-electron chi connectivity index (χ2n) is 8.69.